The number of carboxylic acid groups (broad SMARTS) is 1. The van der Waals surface area contributed by atoms with Crippen molar-refractivity contribution >= 4 is 33.5 Å². The summed E-state index contributed by atoms with van der Waals surface area (Å²) in [6, 6.07) is 9.20. The highest BCUT2D eigenvalue weighted by atomic mass is 32.3. The van der Waals surface area contributed by atoms with E-state index in [9.17, 15) is 18.8 Å². The Kier molecular flexibility index (Phi) is 8.43. The van der Waals surface area contributed by atoms with E-state index in [1.165, 1.54) is 11.0 Å². The van der Waals surface area contributed by atoms with Crippen molar-refractivity contribution in [3.63, 3.8) is 0 Å². The summed E-state index contributed by atoms with van der Waals surface area (Å²) in [7, 11) is -1.28. The molecule has 1 heterocycles. The zero-order chi connectivity index (χ0) is 25.8. The van der Waals surface area contributed by atoms with Crippen LogP contribution in [0.1, 0.15) is 43.4 Å². The van der Waals surface area contributed by atoms with Crippen molar-refractivity contribution in [2.24, 2.45) is 0 Å². The van der Waals surface area contributed by atoms with Crippen LogP contribution in [0.2, 0.25) is 0 Å². The molecule has 1 aliphatic heterocycles. The molecule has 0 unspecified atom stereocenters. The van der Waals surface area contributed by atoms with Crippen LogP contribution in [0.5, 0.6) is 5.75 Å². The molecule has 0 spiro atoms. The third kappa shape index (κ3) is 6.54. The molecule has 0 bridgehead atoms. The van der Waals surface area contributed by atoms with E-state index >= 15 is 0 Å². The fourth-order valence-corrected chi connectivity index (χ4v) is 5.35. The molecule has 2 aromatic carbocycles. The average molecular weight is 505 g/mol. The summed E-state index contributed by atoms with van der Waals surface area (Å²) in [6.07, 6.45) is 6.62. The monoisotopic (exact) mass is 504 g/mol. The first-order valence-corrected chi connectivity index (χ1v) is 14.4. The van der Waals surface area contributed by atoms with Gasteiger partial charge in [0, 0.05) is 30.0 Å². The van der Waals surface area contributed by atoms with Gasteiger partial charge in [-0.2, -0.15) is 0 Å². The highest BCUT2D eigenvalue weighted by Crippen LogP contribution is 2.47. The molecule has 1 aliphatic rings. The molecule has 2 amide bonds. The molecule has 2 aromatic rings. The number of hydrogen-bond acceptors (Lipinski definition) is 4. The highest BCUT2D eigenvalue weighted by Gasteiger charge is 2.36. The quantitative estimate of drug-likeness (QED) is 0.521. The van der Waals surface area contributed by atoms with Crippen molar-refractivity contribution in [1.29, 1.82) is 0 Å². The summed E-state index contributed by atoms with van der Waals surface area (Å²) in [5.41, 5.74) is 1.90. The van der Waals surface area contributed by atoms with Crippen LogP contribution in [-0.4, -0.2) is 59.7 Å². The molecular formula is C26H33FN2O5S. The van der Waals surface area contributed by atoms with Crippen molar-refractivity contribution in [2.75, 3.05) is 37.2 Å². The van der Waals surface area contributed by atoms with E-state index in [0.717, 1.165) is 5.56 Å². The summed E-state index contributed by atoms with van der Waals surface area (Å²) in [4.78, 5) is 39.5. The normalized spacial score (nSPS) is 15.8. The third-order valence-corrected chi connectivity index (χ3v) is 7.51. The number of carboxylic acids is 1. The summed E-state index contributed by atoms with van der Waals surface area (Å²) >= 11 is 0. The maximum absolute atomic E-state index is 14.7. The molecular weight excluding hydrogens is 471 g/mol. The van der Waals surface area contributed by atoms with Crippen LogP contribution >= 0.6 is 10.0 Å². The molecule has 1 atom stereocenters. The van der Waals surface area contributed by atoms with Gasteiger partial charge in [0.15, 0.2) is 0 Å². The standard InChI is InChI=1S/C26H33FN2O5S/c1-5-34-19-10-11-20-17(15-19)13-14-29(23(30)7-6-8-24(31)32)25(20)26(33)28-18-9-12-22(21(27)16-18)35(2,3)4/h9-12,15-16,25H,5-8,13-14H2,1-4H3,(H,28,33)(H,31,32)/t25-/m1/s1. The lowest BCUT2D eigenvalue weighted by Gasteiger charge is -2.36. The van der Waals surface area contributed by atoms with Crippen LogP contribution < -0.4 is 10.1 Å². The van der Waals surface area contributed by atoms with E-state index < -0.39 is 27.9 Å². The first kappa shape index (κ1) is 26.5. The number of fused-ring (bicyclic) bond motifs is 1. The third-order valence-electron chi connectivity index (χ3n) is 5.86. The Bertz CT molecular complexity index is 1120. The molecule has 7 nitrogen and oxygen atoms in total. The van der Waals surface area contributed by atoms with E-state index in [1.54, 1.807) is 24.3 Å². The van der Waals surface area contributed by atoms with Gasteiger partial charge in [-0.1, -0.05) is 6.07 Å². The van der Waals surface area contributed by atoms with E-state index in [4.69, 9.17) is 9.84 Å². The van der Waals surface area contributed by atoms with Crippen LogP contribution in [-0.2, 0) is 20.8 Å². The Morgan fingerprint density at radius 2 is 1.89 bits per heavy atom. The molecule has 0 saturated heterocycles. The summed E-state index contributed by atoms with van der Waals surface area (Å²) < 4.78 is 20.3. The predicted octanol–water partition coefficient (Wildman–Crippen LogP) is 4.60. The Hall–Kier alpha value is -3.07. The van der Waals surface area contributed by atoms with Crippen LogP contribution in [0, 0.1) is 5.82 Å². The van der Waals surface area contributed by atoms with Gasteiger partial charge < -0.3 is 20.1 Å². The second-order valence-electron chi connectivity index (χ2n) is 9.25. The Balaban J connectivity index is 1.90. The van der Waals surface area contributed by atoms with E-state index in [0.29, 0.717) is 41.5 Å². The number of halogens is 1. The van der Waals surface area contributed by atoms with Crippen LogP contribution in [0.4, 0.5) is 10.1 Å². The first-order chi connectivity index (χ1) is 16.5. The number of carbonyl (C=O) groups is 3. The highest BCUT2D eigenvalue weighted by molar-refractivity contribution is 8.32. The van der Waals surface area contributed by atoms with Crippen molar-refractivity contribution in [3.05, 3.63) is 53.3 Å². The van der Waals surface area contributed by atoms with Crippen LogP contribution in [0.15, 0.2) is 41.3 Å². The maximum Gasteiger partial charge on any atom is 0.303 e. The zero-order valence-electron chi connectivity index (χ0n) is 20.6. The number of nitrogens with zero attached hydrogens (tertiary/aromatic N) is 1. The largest absolute Gasteiger partial charge is 0.494 e. The zero-order valence-corrected chi connectivity index (χ0v) is 21.4. The SMILES string of the molecule is CCOc1ccc2c(c1)CCN(C(=O)CCCC(=O)O)[C@H]2C(=O)Nc1ccc(S(C)(C)C)c(F)c1. The molecule has 9 heteroatoms. The summed E-state index contributed by atoms with van der Waals surface area (Å²) in [5.74, 6) is -1.39. The molecule has 0 aromatic heterocycles. The molecule has 0 saturated carbocycles. The first-order valence-electron chi connectivity index (χ1n) is 11.6. The van der Waals surface area contributed by atoms with E-state index in [-0.39, 0.29) is 31.0 Å². The molecule has 2 N–H and O–H groups in total. The lowest BCUT2D eigenvalue weighted by atomic mass is 9.91. The van der Waals surface area contributed by atoms with Gasteiger partial charge in [0.25, 0.3) is 5.91 Å². The number of anilines is 1. The van der Waals surface area contributed by atoms with Crippen LogP contribution in [0.25, 0.3) is 0 Å². The van der Waals surface area contributed by atoms with Gasteiger partial charge in [-0.05, 0) is 80.0 Å². The minimum atomic E-state index is -1.28. The van der Waals surface area contributed by atoms with Gasteiger partial charge in [-0.25, -0.2) is 14.4 Å². The minimum Gasteiger partial charge on any atom is -0.494 e. The number of rotatable bonds is 9. The minimum absolute atomic E-state index is 0.0279. The van der Waals surface area contributed by atoms with Gasteiger partial charge >= 0.3 is 5.97 Å². The molecule has 0 aliphatic carbocycles. The lowest BCUT2D eigenvalue weighted by Crippen LogP contribution is -2.45. The Labute approximate surface area is 207 Å². The van der Waals surface area contributed by atoms with Gasteiger partial charge in [0.1, 0.15) is 17.6 Å². The average Bonchev–Trinajstić information content (AvgIpc) is 2.77. The Morgan fingerprint density at radius 3 is 2.51 bits per heavy atom. The number of hydrogen-bond donors (Lipinski definition) is 2. The molecule has 3 rings (SSSR count). The second kappa shape index (κ2) is 11.1. The van der Waals surface area contributed by atoms with Gasteiger partial charge in [0.2, 0.25) is 5.91 Å². The van der Waals surface area contributed by atoms with Gasteiger partial charge in [-0.15, -0.1) is 0 Å². The molecule has 0 fully saturated rings. The van der Waals surface area contributed by atoms with E-state index in [1.807, 2.05) is 31.8 Å². The number of carbonyl (C=O) groups excluding carboxylic acids is 2. The van der Waals surface area contributed by atoms with Crippen LogP contribution in [0.3, 0.4) is 0 Å². The van der Waals surface area contributed by atoms with Crippen molar-refractivity contribution in [3.8, 4) is 5.75 Å². The van der Waals surface area contributed by atoms with Crippen molar-refractivity contribution in [1.82, 2.24) is 4.90 Å². The summed E-state index contributed by atoms with van der Waals surface area (Å²) in [5, 5.41) is 11.7. The van der Waals surface area contributed by atoms with Crippen molar-refractivity contribution in [2.45, 2.75) is 43.5 Å². The van der Waals surface area contributed by atoms with Gasteiger partial charge in [-0.3, -0.25) is 14.4 Å². The number of amides is 2. The lowest BCUT2D eigenvalue weighted by molar-refractivity contribution is -0.140. The molecule has 0 radical (unpaired) electrons. The fraction of sp³-hybridized carbons (Fsp3) is 0.423. The predicted molar refractivity (Wildman–Crippen MR) is 136 cm³/mol. The number of nitrogens with one attached hydrogen (secondary N) is 1. The van der Waals surface area contributed by atoms with Gasteiger partial charge in [0.05, 0.1) is 6.61 Å². The number of benzene rings is 2. The topological polar surface area (TPSA) is 95.9 Å². The van der Waals surface area contributed by atoms with Crippen molar-refractivity contribution < 1.29 is 28.6 Å². The Morgan fingerprint density at radius 1 is 1.14 bits per heavy atom. The maximum atomic E-state index is 14.7. The summed E-state index contributed by atoms with van der Waals surface area (Å²) in [6.45, 7) is 2.71. The molecule has 35 heavy (non-hydrogen) atoms. The number of ether oxygens (including phenoxy) is 1. The fourth-order valence-electron chi connectivity index (χ4n) is 4.23. The molecule has 190 valence electrons. The number of aliphatic carboxylic acids is 1. The van der Waals surface area contributed by atoms with E-state index in [2.05, 4.69) is 5.32 Å². The smallest absolute Gasteiger partial charge is 0.303 e. The second-order valence-corrected chi connectivity index (χ2v) is 13.4.